The number of hydrogen-bond acceptors (Lipinski definition) is 5. The van der Waals surface area contributed by atoms with Crippen LogP contribution in [0.2, 0.25) is 10.0 Å². The summed E-state index contributed by atoms with van der Waals surface area (Å²) in [6.45, 7) is 2.31. The van der Waals surface area contributed by atoms with Crippen molar-refractivity contribution in [3.63, 3.8) is 0 Å². The second-order valence-electron chi connectivity index (χ2n) is 5.73. The van der Waals surface area contributed by atoms with E-state index >= 15 is 0 Å². The molecule has 26 heavy (non-hydrogen) atoms. The molecule has 0 unspecified atom stereocenters. The van der Waals surface area contributed by atoms with Crippen molar-refractivity contribution in [1.82, 2.24) is 4.90 Å². The minimum absolute atomic E-state index is 0.0656. The van der Waals surface area contributed by atoms with Gasteiger partial charge in [0.2, 0.25) is 0 Å². The number of likely N-dealkylation sites (tertiary alicyclic amines) is 1. The van der Waals surface area contributed by atoms with Gasteiger partial charge in [-0.1, -0.05) is 23.2 Å². The number of ether oxygens (including phenoxy) is 2. The molecule has 0 aliphatic carbocycles. The highest BCUT2D eigenvalue weighted by Gasteiger charge is 2.28. The van der Waals surface area contributed by atoms with Crippen LogP contribution in [0, 0.1) is 11.7 Å². The Morgan fingerprint density at radius 1 is 1.15 bits per heavy atom. The number of piperidine rings is 1. The van der Waals surface area contributed by atoms with Gasteiger partial charge in [0.15, 0.2) is 6.61 Å². The number of amides is 1. The fourth-order valence-corrected chi connectivity index (χ4v) is 3.06. The molecule has 1 aromatic rings. The summed E-state index contributed by atoms with van der Waals surface area (Å²) in [6, 6.07) is 1.96. The molecule has 1 heterocycles. The second-order valence-corrected chi connectivity index (χ2v) is 6.54. The quantitative estimate of drug-likeness (QED) is 0.555. The van der Waals surface area contributed by atoms with Crippen LogP contribution in [0.1, 0.15) is 30.1 Å². The van der Waals surface area contributed by atoms with Crippen molar-refractivity contribution in [3.8, 4) is 0 Å². The summed E-state index contributed by atoms with van der Waals surface area (Å²) in [5, 5.41) is -0.281. The lowest BCUT2D eigenvalue weighted by atomic mass is 9.97. The number of nitrogens with zero attached hydrogens (tertiary/aromatic N) is 1. The van der Waals surface area contributed by atoms with Crippen molar-refractivity contribution in [2.75, 3.05) is 26.3 Å². The Morgan fingerprint density at radius 3 is 2.42 bits per heavy atom. The van der Waals surface area contributed by atoms with Crippen LogP contribution >= 0.6 is 23.2 Å². The molecule has 9 heteroatoms. The van der Waals surface area contributed by atoms with Crippen LogP contribution in [-0.4, -0.2) is 49.0 Å². The number of halogens is 3. The first kappa shape index (κ1) is 20.5. The minimum Gasteiger partial charge on any atom is -0.466 e. The average molecular weight is 406 g/mol. The van der Waals surface area contributed by atoms with Gasteiger partial charge in [-0.2, -0.15) is 0 Å². The number of hydrogen-bond donors (Lipinski definition) is 0. The molecule has 1 aliphatic rings. The molecule has 0 N–H and O–H groups in total. The van der Waals surface area contributed by atoms with Gasteiger partial charge in [0, 0.05) is 13.1 Å². The molecule has 0 spiro atoms. The summed E-state index contributed by atoms with van der Waals surface area (Å²) >= 11 is 11.4. The zero-order valence-electron chi connectivity index (χ0n) is 14.1. The molecule has 142 valence electrons. The van der Waals surface area contributed by atoms with Gasteiger partial charge in [-0.25, -0.2) is 9.18 Å². The molecule has 0 radical (unpaired) electrons. The molecule has 1 aromatic carbocycles. The normalized spacial score (nSPS) is 14.8. The van der Waals surface area contributed by atoms with Crippen molar-refractivity contribution in [2.24, 2.45) is 5.92 Å². The van der Waals surface area contributed by atoms with Gasteiger partial charge in [-0.15, -0.1) is 0 Å². The maximum absolute atomic E-state index is 13.5. The fraction of sp³-hybridized carbons (Fsp3) is 0.471. The van der Waals surface area contributed by atoms with E-state index in [1.54, 1.807) is 6.92 Å². The van der Waals surface area contributed by atoms with E-state index in [4.69, 9.17) is 32.7 Å². The Hall–Kier alpha value is -1.86. The van der Waals surface area contributed by atoms with Gasteiger partial charge in [-0.05, 0) is 31.9 Å². The van der Waals surface area contributed by atoms with Crippen LogP contribution in [0.4, 0.5) is 4.39 Å². The van der Waals surface area contributed by atoms with E-state index in [0.717, 1.165) is 12.1 Å². The fourth-order valence-electron chi connectivity index (χ4n) is 2.60. The minimum atomic E-state index is -0.916. The zero-order chi connectivity index (χ0) is 19.3. The van der Waals surface area contributed by atoms with Gasteiger partial charge < -0.3 is 14.4 Å². The van der Waals surface area contributed by atoms with Gasteiger partial charge in [0.05, 0.1) is 28.1 Å². The van der Waals surface area contributed by atoms with Crippen LogP contribution < -0.4 is 0 Å². The lowest BCUT2D eigenvalue weighted by Gasteiger charge is -2.30. The highest BCUT2D eigenvalue weighted by molar-refractivity contribution is 6.36. The zero-order valence-corrected chi connectivity index (χ0v) is 15.6. The van der Waals surface area contributed by atoms with Gasteiger partial charge in [0.1, 0.15) is 5.82 Å². The van der Waals surface area contributed by atoms with Crippen LogP contribution in [0.5, 0.6) is 0 Å². The van der Waals surface area contributed by atoms with E-state index in [2.05, 4.69) is 0 Å². The maximum atomic E-state index is 13.5. The molecule has 0 bridgehead atoms. The Labute approximate surface area is 160 Å². The van der Waals surface area contributed by atoms with Crippen LogP contribution in [0.25, 0.3) is 0 Å². The van der Waals surface area contributed by atoms with Crippen molar-refractivity contribution in [3.05, 3.63) is 33.6 Å². The van der Waals surface area contributed by atoms with E-state index in [-0.39, 0.29) is 27.5 Å². The first-order chi connectivity index (χ1) is 12.3. The van der Waals surface area contributed by atoms with Crippen molar-refractivity contribution in [2.45, 2.75) is 19.8 Å². The number of carbonyl (C=O) groups excluding carboxylic acids is 3. The van der Waals surface area contributed by atoms with Crippen molar-refractivity contribution in [1.29, 1.82) is 0 Å². The number of esters is 2. The van der Waals surface area contributed by atoms with Gasteiger partial charge in [-0.3, -0.25) is 9.59 Å². The Balaban J connectivity index is 1.85. The van der Waals surface area contributed by atoms with E-state index in [9.17, 15) is 18.8 Å². The van der Waals surface area contributed by atoms with Gasteiger partial charge in [0.25, 0.3) is 5.91 Å². The summed E-state index contributed by atoms with van der Waals surface area (Å²) in [6.07, 6.45) is 0.986. The Kier molecular flexibility index (Phi) is 7.23. The Bertz CT molecular complexity index is 705. The Morgan fingerprint density at radius 2 is 1.81 bits per heavy atom. The van der Waals surface area contributed by atoms with Crippen LogP contribution in [-0.2, 0) is 19.1 Å². The van der Waals surface area contributed by atoms with Crippen LogP contribution in [0.15, 0.2) is 12.1 Å². The van der Waals surface area contributed by atoms with Gasteiger partial charge >= 0.3 is 11.9 Å². The van der Waals surface area contributed by atoms with Crippen molar-refractivity contribution >= 4 is 41.0 Å². The topological polar surface area (TPSA) is 72.9 Å². The van der Waals surface area contributed by atoms with E-state index in [1.165, 1.54) is 4.90 Å². The van der Waals surface area contributed by atoms with Crippen molar-refractivity contribution < 1.29 is 28.2 Å². The summed E-state index contributed by atoms with van der Waals surface area (Å²) in [5.41, 5.74) is -0.206. The predicted octanol–water partition coefficient (Wildman–Crippen LogP) is 3.09. The summed E-state index contributed by atoms with van der Waals surface area (Å²) in [5.74, 6) is -2.61. The molecule has 1 amide bonds. The first-order valence-electron chi connectivity index (χ1n) is 8.09. The van der Waals surface area contributed by atoms with E-state index in [1.807, 2.05) is 0 Å². The lowest BCUT2D eigenvalue weighted by molar-refractivity contribution is -0.151. The summed E-state index contributed by atoms with van der Waals surface area (Å²) in [7, 11) is 0. The summed E-state index contributed by atoms with van der Waals surface area (Å²) < 4.78 is 23.3. The molecule has 0 saturated carbocycles. The monoisotopic (exact) mass is 405 g/mol. The molecule has 2 rings (SSSR count). The molecule has 0 aromatic heterocycles. The average Bonchev–Trinajstić information content (AvgIpc) is 2.62. The third-order valence-corrected chi connectivity index (χ3v) is 4.63. The summed E-state index contributed by atoms with van der Waals surface area (Å²) in [4.78, 5) is 37.3. The predicted molar refractivity (Wildman–Crippen MR) is 92.6 cm³/mol. The molecular weight excluding hydrogens is 388 g/mol. The number of carbonyl (C=O) groups is 3. The molecular formula is C17H18Cl2FNO5. The maximum Gasteiger partial charge on any atom is 0.340 e. The standard InChI is InChI=1S/C17H18Cl2FNO5/c1-2-25-16(23)10-3-5-21(6-4-10)15(22)9-26-17(24)11-7-14(20)13(19)8-12(11)18/h7-8,10H,2-6,9H2,1H3. The highest BCUT2D eigenvalue weighted by atomic mass is 35.5. The van der Waals surface area contributed by atoms with E-state index < -0.39 is 24.3 Å². The number of rotatable bonds is 5. The molecule has 1 aliphatic heterocycles. The second kappa shape index (κ2) is 9.19. The SMILES string of the molecule is CCOC(=O)C1CCN(C(=O)COC(=O)c2cc(F)c(Cl)cc2Cl)CC1. The number of benzene rings is 1. The molecule has 1 saturated heterocycles. The molecule has 0 atom stereocenters. The first-order valence-corrected chi connectivity index (χ1v) is 8.85. The molecule has 1 fully saturated rings. The third-order valence-electron chi connectivity index (χ3n) is 4.02. The van der Waals surface area contributed by atoms with E-state index in [0.29, 0.717) is 32.5 Å². The highest BCUT2D eigenvalue weighted by Crippen LogP contribution is 2.25. The largest absolute Gasteiger partial charge is 0.466 e. The third kappa shape index (κ3) is 5.08. The lowest BCUT2D eigenvalue weighted by Crippen LogP contribution is -2.42. The smallest absolute Gasteiger partial charge is 0.340 e. The molecule has 6 nitrogen and oxygen atoms in total. The van der Waals surface area contributed by atoms with Crippen LogP contribution in [0.3, 0.4) is 0 Å².